The lowest BCUT2D eigenvalue weighted by molar-refractivity contribution is 0.0696. The maximum absolute atomic E-state index is 12.0. The van der Waals surface area contributed by atoms with E-state index in [4.69, 9.17) is 0 Å². The molecule has 0 saturated heterocycles. The Hall–Kier alpha value is -3.73. The summed E-state index contributed by atoms with van der Waals surface area (Å²) in [4.78, 5) is 18.3. The smallest absolute Gasteiger partial charge is 0.336 e. The molecule has 0 heterocycles. The van der Waals surface area contributed by atoms with Crippen LogP contribution in [-0.2, 0) is 6.42 Å². The van der Waals surface area contributed by atoms with Crippen molar-refractivity contribution in [1.29, 1.82) is 0 Å². The molecule has 0 amide bonds. The van der Waals surface area contributed by atoms with Gasteiger partial charge in [0.1, 0.15) is 0 Å². The molecule has 35 heavy (non-hydrogen) atoms. The van der Waals surface area contributed by atoms with Gasteiger partial charge in [0.2, 0.25) is 0 Å². The molecule has 3 aromatic carbocycles. The van der Waals surface area contributed by atoms with Crippen molar-refractivity contribution in [3.63, 3.8) is 0 Å². The molecular formula is C30H37N3O2. The molecule has 0 saturated carbocycles. The second-order valence-corrected chi connectivity index (χ2v) is 9.02. The van der Waals surface area contributed by atoms with Crippen molar-refractivity contribution in [2.24, 2.45) is 0 Å². The zero-order chi connectivity index (χ0) is 25.5. The Morgan fingerprint density at radius 3 is 1.69 bits per heavy atom. The zero-order valence-electron chi connectivity index (χ0n) is 21.7. The molecule has 0 aliphatic heterocycles. The van der Waals surface area contributed by atoms with Gasteiger partial charge in [-0.15, -0.1) is 0 Å². The predicted octanol–water partition coefficient (Wildman–Crippen LogP) is 6.04. The summed E-state index contributed by atoms with van der Waals surface area (Å²) in [6.45, 7) is 6.25. The molecule has 0 aromatic heterocycles. The Morgan fingerprint density at radius 2 is 1.23 bits per heavy atom. The molecule has 0 radical (unpaired) electrons. The highest BCUT2D eigenvalue weighted by Crippen LogP contribution is 2.29. The van der Waals surface area contributed by atoms with Crippen LogP contribution in [0, 0.1) is 0 Å². The summed E-state index contributed by atoms with van der Waals surface area (Å²) in [6.07, 6.45) is 2.67. The van der Waals surface area contributed by atoms with Gasteiger partial charge in [-0.3, -0.25) is 0 Å². The summed E-state index contributed by atoms with van der Waals surface area (Å²) >= 11 is 0. The Bertz CT molecular complexity index is 1160. The van der Waals surface area contributed by atoms with Crippen molar-refractivity contribution in [3.05, 3.63) is 95.1 Å². The second kappa shape index (κ2) is 11.6. The van der Waals surface area contributed by atoms with E-state index >= 15 is 0 Å². The molecule has 0 aliphatic carbocycles. The van der Waals surface area contributed by atoms with E-state index in [1.165, 1.54) is 5.69 Å². The fourth-order valence-electron chi connectivity index (χ4n) is 4.21. The van der Waals surface area contributed by atoms with Crippen molar-refractivity contribution >= 4 is 28.6 Å². The first-order chi connectivity index (χ1) is 16.7. The maximum Gasteiger partial charge on any atom is 0.336 e. The Balaban J connectivity index is 2.04. The number of hydrogen-bond acceptors (Lipinski definition) is 4. The molecule has 0 bridgehead atoms. The third-order valence-electron chi connectivity index (χ3n) is 6.37. The van der Waals surface area contributed by atoms with E-state index in [2.05, 4.69) is 78.3 Å². The molecule has 5 heteroatoms. The fourth-order valence-corrected chi connectivity index (χ4v) is 4.21. The monoisotopic (exact) mass is 471 g/mol. The van der Waals surface area contributed by atoms with Crippen LogP contribution >= 0.6 is 0 Å². The van der Waals surface area contributed by atoms with Gasteiger partial charge < -0.3 is 19.8 Å². The minimum Gasteiger partial charge on any atom is -0.478 e. The topological polar surface area (TPSA) is 47.0 Å². The van der Waals surface area contributed by atoms with E-state index in [1.54, 1.807) is 6.07 Å². The average Bonchev–Trinajstić information content (AvgIpc) is 2.86. The lowest BCUT2D eigenvalue weighted by Gasteiger charge is -2.21. The van der Waals surface area contributed by atoms with Gasteiger partial charge in [0.25, 0.3) is 0 Å². The minimum absolute atomic E-state index is 0.339. The first-order valence-corrected chi connectivity index (χ1v) is 12.1. The van der Waals surface area contributed by atoms with E-state index in [9.17, 15) is 9.90 Å². The summed E-state index contributed by atoms with van der Waals surface area (Å²) in [5.74, 6) is -0.905. The van der Waals surface area contributed by atoms with E-state index in [0.29, 0.717) is 12.0 Å². The van der Waals surface area contributed by atoms with Gasteiger partial charge in [-0.1, -0.05) is 36.4 Å². The third kappa shape index (κ3) is 6.24. The summed E-state index contributed by atoms with van der Waals surface area (Å²) < 4.78 is 0. The van der Waals surface area contributed by atoms with E-state index < -0.39 is 5.97 Å². The molecule has 0 fully saturated rings. The van der Waals surface area contributed by atoms with Crippen molar-refractivity contribution in [3.8, 4) is 0 Å². The summed E-state index contributed by atoms with van der Waals surface area (Å²) in [7, 11) is 7.89. The summed E-state index contributed by atoms with van der Waals surface area (Å²) in [5.41, 5.74) is 7.66. The highest BCUT2D eigenvalue weighted by Gasteiger charge is 2.13. The van der Waals surface area contributed by atoms with Crippen LogP contribution in [0.3, 0.4) is 0 Å². The number of hydrogen-bond donors (Lipinski definition) is 1. The number of aromatic carboxylic acids is 1. The minimum atomic E-state index is -0.905. The number of nitrogens with zero attached hydrogens (tertiary/aromatic N) is 3. The maximum atomic E-state index is 12.0. The zero-order valence-corrected chi connectivity index (χ0v) is 21.7. The first kappa shape index (κ1) is 25.9. The van der Waals surface area contributed by atoms with Crippen molar-refractivity contribution in [2.45, 2.75) is 20.3 Å². The van der Waals surface area contributed by atoms with Gasteiger partial charge in [-0.05, 0) is 78.9 Å². The van der Waals surface area contributed by atoms with E-state index in [0.717, 1.165) is 46.7 Å². The molecule has 0 spiro atoms. The van der Waals surface area contributed by atoms with Crippen LogP contribution in [0.4, 0.5) is 17.1 Å². The molecular weight excluding hydrogens is 434 g/mol. The highest BCUT2D eigenvalue weighted by atomic mass is 16.4. The molecule has 5 nitrogen and oxygen atoms in total. The predicted molar refractivity (Wildman–Crippen MR) is 149 cm³/mol. The van der Waals surface area contributed by atoms with Gasteiger partial charge in [0, 0.05) is 58.3 Å². The summed E-state index contributed by atoms with van der Waals surface area (Å²) in [6, 6.07) is 22.8. The Labute approximate surface area is 209 Å². The van der Waals surface area contributed by atoms with E-state index in [1.807, 2.05) is 45.2 Å². The number of anilines is 3. The number of allylic oxidation sites excluding steroid dienone is 1. The number of rotatable bonds is 10. The third-order valence-corrected chi connectivity index (χ3v) is 6.37. The molecule has 3 aromatic rings. The van der Waals surface area contributed by atoms with Crippen LogP contribution in [0.5, 0.6) is 0 Å². The SMILES string of the molecule is CCN(CC)c1ccc(C(=CCc2ccc(N(C)C)cc2C(=O)O)c2ccc(N(C)C)cc2)cc1. The summed E-state index contributed by atoms with van der Waals surface area (Å²) in [5, 5.41) is 9.83. The largest absolute Gasteiger partial charge is 0.478 e. The Kier molecular flexibility index (Phi) is 8.58. The number of benzene rings is 3. The van der Waals surface area contributed by atoms with Crippen LogP contribution in [0.1, 0.15) is 40.9 Å². The standard InChI is InChI=1S/C30H37N3O2/c1-7-33(8-2)26-17-11-23(12-18-26)28(22-9-15-25(16-10-22)31(3)4)20-14-24-13-19-27(32(5)6)21-29(24)30(34)35/h9-13,15-21H,7-8,14H2,1-6H3,(H,34,35). The Morgan fingerprint density at radius 1 is 0.743 bits per heavy atom. The van der Waals surface area contributed by atoms with Crippen LogP contribution in [0.25, 0.3) is 5.57 Å². The van der Waals surface area contributed by atoms with Crippen molar-refractivity contribution in [1.82, 2.24) is 0 Å². The van der Waals surface area contributed by atoms with Gasteiger partial charge in [-0.2, -0.15) is 0 Å². The van der Waals surface area contributed by atoms with E-state index in [-0.39, 0.29) is 0 Å². The molecule has 3 rings (SSSR count). The van der Waals surface area contributed by atoms with Gasteiger partial charge in [-0.25, -0.2) is 4.79 Å². The lowest BCUT2D eigenvalue weighted by atomic mass is 9.94. The first-order valence-electron chi connectivity index (χ1n) is 12.1. The molecule has 0 unspecified atom stereocenters. The normalized spacial score (nSPS) is 11.3. The molecule has 0 atom stereocenters. The number of carboxylic acids is 1. The fraction of sp³-hybridized carbons (Fsp3) is 0.300. The van der Waals surface area contributed by atoms with Gasteiger partial charge in [0.15, 0.2) is 0 Å². The highest BCUT2D eigenvalue weighted by molar-refractivity contribution is 5.91. The second-order valence-electron chi connectivity index (χ2n) is 9.02. The van der Waals surface area contributed by atoms with Crippen molar-refractivity contribution < 1.29 is 9.90 Å². The average molecular weight is 472 g/mol. The van der Waals surface area contributed by atoms with Crippen molar-refractivity contribution in [2.75, 3.05) is 56.0 Å². The number of carbonyl (C=O) groups is 1. The lowest BCUT2D eigenvalue weighted by Crippen LogP contribution is -2.21. The van der Waals surface area contributed by atoms with Gasteiger partial charge in [0.05, 0.1) is 5.56 Å². The quantitative estimate of drug-likeness (QED) is 0.391. The van der Waals surface area contributed by atoms with Gasteiger partial charge >= 0.3 is 5.97 Å². The van der Waals surface area contributed by atoms with Crippen LogP contribution in [0.2, 0.25) is 0 Å². The van der Waals surface area contributed by atoms with Crippen LogP contribution < -0.4 is 14.7 Å². The number of carboxylic acid groups (broad SMARTS) is 1. The molecule has 0 aliphatic rings. The molecule has 184 valence electrons. The van der Waals surface area contributed by atoms with Crippen LogP contribution in [0.15, 0.2) is 72.8 Å². The van der Waals surface area contributed by atoms with Crippen LogP contribution in [-0.4, -0.2) is 52.4 Å². The molecule has 1 N–H and O–H groups in total.